The monoisotopic (exact) mass is 251 g/mol. The van der Waals surface area contributed by atoms with E-state index < -0.39 is 0 Å². The summed E-state index contributed by atoms with van der Waals surface area (Å²) in [5, 5.41) is 20.6. The quantitative estimate of drug-likeness (QED) is 0.304. The molecule has 1 unspecified atom stereocenters. The highest BCUT2D eigenvalue weighted by molar-refractivity contribution is 5.97. The minimum atomic E-state index is -0.137. The number of anilines is 1. The Hall–Kier alpha value is -1.79. The summed E-state index contributed by atoms with van der Waals surface area (Å²) in [6.07, 6.45) is -0.137. The number of morpholine rings is 1. The van der Waals surface area contributed by atoms with E-state index in [0.29, 0.717) is 18.7 Å². The van der Waals surface area contributed by atoms with Crippen LogP contribution in [0.1, 0.15) is 5.56 Å². The highest BCUT2D eigenvalue weighted by Crippen LogP contribution is 2.18. The first-order valence-electron chi connectivity index (χ1n) is 5.80. The molecule has 0 aromatic heterocycles. The Morgan fingerprint density at radius 3 is 2.78 bits per heavy atom. The number of nitrogens with zero attached hydrogens (tertiary/aromatic N) is 2. The summed E-state index contributed by atoms with van der Waals surface area (Å²) in [7, 11) is 0. The third kappa shape index (κ3) is 2.72. The van der Waals surface area contributed by atoms with Crippen LogP contribution in [0.3, 0.4) is 0 Å². The smallest absolute Gasteiger partial charge is 0.170 e. The minimum absolute atomic E-state index is 0.0265. The molecule has 1 heterocycles. The SMILES string of the molecule is N/C(=N/O)c1ccc(N2CCOC(CO)C2)cc1. The van der Waals surface area contributed by atoms with Gasteiger partial charge in [0, 0.05) is 24.3 Å². The fourth-order valence-electron chi connectivity index (χ4n) is 1.97. The van der Waals surface area contributed by atoms with Gasteiger partial charge in [-0.05, 0) is 24.3 Å². The van der Waals surface area contributed by atoms with Gasteiger partial charge in [-0.2, -0.15) is 0 Å². The van der Waals surface area contributed by atoms with Crippen molar-refractivity contribution in [2.75, 3.05) is 31.2 Å². The molecule has 98 valence electrons. The maximum atomic E-state index is 9.09. The van der Waals surface area contributed by atoms with E-state index in [1.54, 1.807) is 12.1 Å². The predicted molar refractivity (Wildman–Crippen MR) is 68.0 cm³/mol. The third-order valence-corrected chi connectivity index (χ3v) is 2.98. The first kappa shape index (κ1) is 12.7. The molecule has 2 rings (SSSR count). The summed E-state index contributed by atoms with van der Waals surface area (Å²) in [5.74, 6) is 0.0942. The summed E-state index contributed by atoms with van der Waals surface area (Å²) in [4.78, 5) is 2.14. The van der Waals surface area contributed by atoms with Gasteiger partial charge in [-0.15, -0.1) is 0 Å². The summed E-state index contributed by atoms with van der Waals surface area (Å²) in [6, 6.07) is 7.42. The molecule has 0 bridgehead atoms. The molecular formula is C12H17N3O3. The topological polar surface area (TPSA) is 91.3 Å². The molecule has 4 N–H and O–H groups in total. The van der Waals surface area contributed by atoms with E-state index in [1.165, 1.54) is 0 Å². The normalized spacial score (nSPS) is 21.1. The Morgan fingerprint density at radius 2 is 2.17 bits per heavy atom. The molecule has 6 heteroatoms. The average molecular weight is 251 g/mol. The summed E-state index contributed by atoms with van der Waals surface area (Å²) < 4.78 is 5.39. The van der Waals surface area contributed by atoms with Gasteiger partial charge in [0.05, 0.1) is 19.3 Å². The van der Waals surface area contributed by atoms with E-state index in [0.717, 1.165) is 12.2 Å². The molecule has 0 radical (unpaired) electrons. The van der Waals surface area contributed by atoms with Gasteiger partial charge in [0.15, 0.2) is 5.84 Å². The van der Waals surface area contributed by atoms with E-state index in [-0.39, 0.29) is 18.5 Å². The van der Waals surface area contributed by atoms with Crippen molar-refractivity contribution in [2.24, 2.45) is 10.9 Å². The summed E-state index contributed by atoms with van der Waals surface area (Å²) in [5.41, 5.74) is 7.21. The Kier molecular flexibility index (Phi) is 4.01. The Balaban J connectivity index is 2.09. The molecule has 1 aromatic carbocycles. The maximum absolute atomic E-state index is 9.09. The Bertz CT molecular complexity index is 419. The predicted octanol–water partition coefficient (Wildman–Crippen LogP) is -0.0214. The lowest BCUT2D eigenvalue weighted by atomic mass is 10.1. The lowest BCUT2D eigenvalue weighted by Gasteiger charge is -2.33. The molecule has 6 nitrogen and oxygen atoms in total. The number of ether oxygens (including phenoxy) is 1. The van der Waals surface area contributed by atoms with Crippen molar-refractivity contribution in [3.05, 3.63) is 29.8 Å². The zero-order chi connectivity index (χ0) is 13.0. The molecule has 0 aliphatic carbocycles. The van der Waals surface area contributed by atoms with Crippen molar-refractivity contribution < 1.29 is 15.1 Å². The number of aliphatic hydroxyl groups is 1. The number of amidine groups is 1. The average Bonchev–Trinajstić information content (AvgIpc) is 2.46. The van der Waals surface area contributed by atoms with Crippen LogP contribution >= 0.6 is 0 Å². The van der Waals surface area contributed by atoms with Gasteiger partial charge < -0.3 is 25.7 Å². The van der Waals surface area contributed by atoms with E-state index >= 15 is 0 Å². The number of hydrogen-bond acceptors (Lipinski definition) is 5. The zero-order valence-electron chi connectivity index (χ0n) is 9.99. The Morgan fingerprint density at radius 1 is 1.44 bits per heavy atom. The van der Waals surface area contributed by atoms with E-state index in [4.69, 9.17) is 20.8 Å². The van der Waals surface area contributed by atoms with Crippen LogP contribution in [0.5, 0.6) is 0 Å². The van der Waals surface area contributed by atoms with E-state index in [2.05, 4.69) is 10.1 Å². The van der Waals surface area contributed by atoms with Gasteiger partial charge in [0.1, 0.15) is 0 Å². The fourth-order valence-corrected chi connectivity index (χ4v) is 1.97. The molecule has 1 saturated heterocycles. The second-order valence-corrected chi connectivity index (χ2v) is 4.15. The van der Waals surface area contributed by atoms with E-state index in [9.17, 15) is 0 Å². The highest BCUT2D eigenvalue weighted by atomic mass is 16.5. The van der Waals surface area contributed by atoms with Crippen LogP contribution in [0.15, 0.2) is 29.4 Å². The summed E-state index contributed by atoms with van der Waals surface area (Å²) >= 11 is 0. The van der Waals surface area contributed by atoms with Gasteiger partial charge >= 0.3 is 0 Å². The number of oxime groups is 1. The van der Waals surface area contributed by atoms with Gasteiger partial charge in [-0.1, -0.05) is 5.16 Å². The van der Waals surface area contributed by atoms with Crippen LogP contribution in [0.25, 0.3) is 0 Å². The summed E-state index contributed by atoms with van der Waals surface area (Å²) in [6.45, 7) is 2.09. The Labute approximate surface area is 105 Å². The van der Waals surface area contributed by atoms with Gasteiger partial charge in [-0.3, -0.25) is 0 Å². The van der Waals surface area contributed by atoms with Crippen LogP contribution in [0.2, 0.25) is 0 Å². The van der Waals surface area contributed by atoms with Crippen LogP contribution in [0, 0.1) is 0 Å². The molecule has 0 spiro atoms. The molecule has 1 atom stereocenters. The van der Waals surface area contributed by atoms with Crippen molar-refractivity contribution in [1.82, 2.24) is 0 Å². The number of hydrogen-bond donors (Lipinski definition) is 3. The largest absolute Gasteiger partial charge is 0.409 e. The van der Waals surface area contributed by atoms with Crippen molar-refractivity contribution in [1.29, 1.82) is 0 Å². The molecule has 0 amide bonds. The van der Waals surface area contributed by atoms with E-state index in [1.807, 2.05) is 12.1 Å². The number of nitrogens with two attached hydrogens (primary N) is 1. The number of aliphatic hydroxyl groups excluding tert-OH is 1. The number of benzene rings is 1. The molecule has 1 aromatic rings. The van der Waals surface area contributed by atoms with Gasteiger partial charge in [-0.25, -0.2) is 0 Å². The number of rotatable bonds is 3. The lowest BCUT2D eigenvalue weighted by Crippen LogP contribution is -2.44. The molecule has 1 aliphatic heterocycles. The second-order valence-electron chi connectivity index (χ2n) is 4.15. The van der Waals surface area contributed by atoms with Crippen molar-refractivity contribution >= 4 is 11.5 Å². The second kappa shape index (κ2) is 5.70. The maximum Gasteiger partial charge on any atom is 0.170 e. The van der Waals surface area contributed by atoms with Gasteiger partial charge in [0.2, 0.25) is 0 Å². The fraction of sp³-hybridized carbons (Fsp3) is 0.417. The minimum Gasteiger partial charge on any atom is -0.409 e. The highest BCUT2D eigenvalue weighted by Gasteiger charge is 2.19. The van der Waals surface area contributed by atoms with Gasteiger partial charge in [0.25, 0.3) is 0 Å². The third-order valence-electron chi connectivity index (χ3n) is 2.98. The zero-order valence-corrected chi connectivity index (χ0v) is 9.99. The molecule has 0 saturated carbocycles. The van der Waals surface area contributed by atoms with Crippen molar-refractivity contribution in [3.8, 4) is 0 Å². The van der Waals surface area contributed by atoms with Crippen LogP contribution in [0.4, 0.5) is 5.69 Å². The lowest BCUT2D eigenvalue weighted by molar-refractivity contribution is 0.00357. The first-order chi connectivity index (χ1) is 8.74. The van der Waals surface area contributed by atoms with Crippen LogP contribution < -0.4 is 10.6 Å². The molecular weight excluding hydrogens is 234 g/mol. The standard InChI is InChI=1S/C12H17N3O3/c13-12(14-17)9-1-3-10(4-2-9)15-5-6-18-11(7-15)8-16/h1-4,11,16-17H,5-8H2,(H2,13,14). The van der Waals surface area contributed by atoms with Crippen molar-refractivity contribution in [2.45, 2.75) is 6.10 Å². The molecule has 1 fully saturated rings. The van der Waals surface area contributed by atoms with Crippen LogP contribution in [-0.4, -0.2) is 48.6 Å². The molecule has 1 aliphatic rings. The van der Waals surface area contributed by atoms with Crippen molar-refractivity contribution in [3.63, 3.8) is 0 Å². The van der Waals surface area contributed by atoms with Crippen LogP contribution in [-0.2, 0) is 4.74 Å². The first-order valence-corrected chi connectivity index (χ1v) is 5.80. The molecule has 18 heavy (non-hydrogen) atoms.